The van der Waals surface area contributed by atoms with Crippen LogP contribution in [0.15, 0.2) is 48.5 Å². The molecule has 0 aliphatic rings. The molecule has 2 aromatic rings. The first-order valence-corrected chi connectivity index (χ1v) is 8.13. The summed E-state index contributed by atoms with van der Waals surface area (Å²) in [5, 5.41) is 0. The monoisotopic (exact) mass is 345 g/mol. The third kappa shape index (κ3) is 14.4. The van der Waals surface area contributed by atoms with Crippen LogP contribution in [0.3, 0.4) is 0 Å². The molecule has 0 aromatic heterocycles. The molecular weight excluding hydrogens is 315 g/mol. The molecule has 1 N–H and O–H groups in total. The fourth-order valence-electron chi connectivity index (χ4n) is 2.04. The molecule has 0 spiro atoms. The normalized spacial score (nSPS) is 9.09. The Morgan fingerprint density at radius 2 is 1.17 bits per heavy atom. The minimum Gasteiger partial charge on any atom is -0.668 e. The van der Waals surface area contributed by atoms with Gasteiger partial charge in [-0.3, -0.25) is 0 Å². The van der Waals surface area contributed by atoms with Crippen molar-refractivity contribution in [1.82, 2.24) is 0 Å². The number of carbonyl (C=O) groups is 1. The van der Waals surface area contributed by atoms with Crippen LogP contribution in [-0.2, 0) is 30.6 Å². The minimum absolute atomic E-state index is 0. The van der Waals surface area contributed by atoms with Crippen LogP contribution >= 0.6 is 0 Å². The van der Waals surface area contributed by atoms with Crippen molar-refractivity contribution in [1.29, 1.82) is 0 Å². The summed E-state index contributed by atoms with van der Waals surface area (Å²) in [5.74, 6) is -0.376. The third-order valence-corrected chi connectivity index (χ3v) is 3.30. The van der Waals surface area contributed by atoms with E-state index in [0.717, 1.165) is 25.7 Å². The Morgan fingerprint density at radius 1 is 0.870 bits per heavy atom. The van der Waals surface area contributed by atoms with E-state index >= 15 is 0 Å². The second kappa shape index (κ2) is 15.9. The zero-order chi connectivity index (χ0) is 16.8. The van der Waals surface area contributed by atoms with E-state index in [2.05, 4.69) is 38.1 Å². The topological polar surface area (TPSA) is 40.9 Å². The smallest absolute Gasteiger partial charge is 0.668 e. The summed E-state index contributed by atoms with van der Waals surface area (Å²) in [5.41, 5.74) is 9.59. The molecule has 3 heteroatoms. The van der Waals surface area contributed by atoms with E-state index in [9.17, 15) is 4.79 Å². The molecule has 124 valence electrons. The van der Waals surface area contributed by atoms with Gasteiger partial charge in [0, 0.05) is 5.92 Å². The first-order chi connectivity index (χ1) is 10.5. The average molecular weight is 345 g/mol. The number of nitrogens with one attached hydrogen (secondary N) is 1. The molecule has 0 fully saturated rings. The predicted octanol–water partition coefficient (Wildman–Crippen LogP) is 6.21. The Morgan fingerprint density at radius 3 is 1.30 bits per heavy atom. The van der Waals surface area contributed by atoms with Crippen LogP contribution in [0.2, 0.25) is 0 Å². The van der Waals surface area contributed by atoms with Gasteiger partial charge in [0.25, 0.3) is 0 Å². The maximum atomic E-state index is 10.6. The number of hydrogen-bond donors (Lipinski definition) is 0. The van der Waals surface area contributed by atoms with Crippen molar-refractivity contribution in [3.63, 3.8) is 0 Å². The van der Waals surface area contributed by atoms with Gasteiger partial charge in [-0.15, -0.1) is 0 Å². The molecule has 0 radical (unpaired) electrons. The molecule has 2 rings (SSSR count). The van der Waals surface area contributed by atoms with Crippen molar-refractivity contribution in [2.75, 3.05) is 0 Å². The molecule has 23 heavy (non-hydrogen) atoms. The van der Waals surface area contributed by atoms with Crippen molar-refractivity contribution in [3.8, 4) is 0 Å². The van der Waals surface area contributed by atoms with Crippen LogP contribution in [0, 0.1) is 19.8 Å². The van der Waals surface area contributed by atoms with Crippen molar-refractivity contribution < 1.29 is 30.6 Å². The van der Waals surface area contributed by atoms with Gasteiger partial charge in [-0.1, -0.05) is 40.5 Å². The molecule has 0 bridgehead atoms. The molecular formula is C20H30NOSc. The van der Waals surface area contributed by atoms with Gasteiger partial charge in [0.1, 0.15) is 0 Å². The van der Waals surface area contributed by atoms with E-state index in [4.69, 9.17) is 5.73 Å². The van der Waals surface area contributed by atoms with Gasteiger partial charge < -0.3 is 10.5 Å². The zero-order valence-electron chi connectivity index (χ0n) is 15.0. The molecule has 1 amide bonds. The van der Waals surface area contributed by atoms with E-state index in [1.165, 1.54) is 11.1 Å². The van der Waals surface area contributed by atoms with Gasteiger partial charge in [-0.05, 0) is 12.8 Å². The Labute approximate surface area is 161 Å². The molecule has 0 heterocycles. The first kappa shape index (κ1) is 24.3. The van der Waals surface area contributed by atoms with Crippen molar-refractivity contribution in [2.45, 2.75) is 53.4 Å². The molecule has 2 nitrogen and oxygen atoms in total. The number of aryl methyl sites for hydroxylation is 2. The SMILES string of the molecule is CCCC(CCC)C([NH-])=O.C[c-]1cccc1.C[c-]1cccc1.[Sc+3]. The van der Waals surface area contributed by atoms with Gasteiger partial charge in [-0.2, -0.15) is 35.4 Å². The largest absolute Gasteiger partial charge is 3.00 e. The molecule has 2 aromatic carbocycles. The summed E-state index contributed by atoms with van der Waals surface area (Å²) in [4.78, 5) is 10.6. The summed E-state index contributed by atoms with van der Waals surface area (Å²) in [6, 6.07) is 16.5. The first-order valence-electron chi connectivity index (χ1n) is 8.13. The summed E-state index contributed by atoms with van der Waals surface area (Å²) in [6.45, 7) is 8.26. The van der Waals surface area contributed by atoms with Crippen molar-refractivity contribution in [2.24, 2.45) is 5.92 Å². The van der Waals surface area contributed by atoms with Crippen molar-refractivity contribution >= 4 is 5.91 Å². The molecule has 0 saturated heterocycles. The zero-order valence-corrected chi connectivity index (χ0v) is 16.8. The molecule has 0 unspecified atom stereocenters. The van der Waals surface area contributed by atoms with Crippen LogP contribution in [0.4, 0.5) is 0 Å². The van der Waals surface area contributed by atoms with Gasteiger partial charge in [0.2, 0.25) is 0 Å². The number of hydrogen-bond acceptors (Lipinski definition) is 1. The molecule has 0 saturated carbocycles. The Hall–Kier alpha value is -0.960. The maximum absolute atomic E-state index is 10.6. The Bertz CT molecular complexity index is 422. The molecule has 0 aliphatic carbocycles. The average Bonchev–Trinajstić information content (AvgIpc) is 3.13. The van der Waals surface area contributed by atoms with Crippen LogP contribution in [0.25, 0.3) is 5.73 Å². The van der Waals surface area contributed by atoms with E-state index < -0.39 is 0 Å². The minimum atomic E-state index is -0.385. The maximum Gasteiger partial charge on any atom is 3.00 e. The second-order valence-electron chi connectivity index (χ2n) is 5.56. The third-order valence-electron chi connectivity index (χ3n) is 3.30. The Balaban J connectivity index is 0. The van der Waals surface area contributed by atoms with Crippen molar-refractivity contribution in [3.05, 3.63) is 65.4 Å². The van der Waals surface area contributed by atoms with E-state index in [-0.39, 0.29) is 37.7 Å². The quantitative estimate of drug-likeness (QED) is 0.594. The fraction of sp³-hybridized carbons (Fsp3) is 0.450. The van der Waals surface area contributed by atoms with Gasteiger partial charge in [0.15, 0.2) is 0 Å². The van der Waals surface area contributed by atoms with Crippen LogP contribution in [-0.4, -0.2) is 5.91 Å². The van der Waals surface area contributed by atoms with Gasteiger partial charge >= 0.3 is 25.8 Å². The van der Waals surface area contributed by atoms with E-state index in [1.54, 1.807) is 0 Å². The summed E-state index contributed by atoms with van der Waals surface area (Å²) in [6.07, 6.45) is 3.79. The summed E-state index contributed by atoms with van der Waals surface area (Å²) in [7, 11) is 0. The standard InChI is InChI=1S/C8H17NO.2C6H7.Sc/c1-3-5-7(6-4-2)8(9)10;2*1-6-4-2-3-5-6;/h7H,3-6H2,1-2H3,(H2,9,10);2*2-5H,1H3;/q;2*-1;+3/p-1. The summed E-state index contributed by atoms with van der Waals surface area (Å²) < 4.78 is 0. The van der Waals surface area contributed by atoms with Crippen LogP contribution < -0.4 is 0 Å². The number of carbonyl (C=O) groups excluding carboxylic acids is 1. The number of rotatable bonds is 5. The Kier molecular flexibility index (Phi) is 16.8. The summed E-state index contributed by atoms with van der Waals surface area (Å²) >= 11 is 0. The number of amides is 1. The van der Waals surface area contributed by atoms with Crippen LogP contribution in [0.5, 0.6) is 0 Å². The van der Waals surface area contributed by atoms with Crippen LogP contribution in [0.1, 0.15) is 50.7 Å². The predicted molar refractivity (Wildman–Crippen MR) is 96.2 cm³/mol. The molecule has 0 atom stereocenters. The fourth-order valence-corrected chi connectivity index (χ4v) is 2.04. The van der Waals surface area contributed by atoms with E-state index in [0.29, 0.717) is 0 Å². The second-order valence-corrected chi connectivity index (χ2v) is 5.56. The molecule has 0 aliphatic heterocycles. The van der Waals surface area contributed by atoms with Gasteiger partial charge in [-0.25, -0.2) is 24.3 Å². The van der Waals surface area contributed by atoms with E-state index in [1.807, 2.05) is 38.1 Å². The van der Waals surface area contributed by atoms with Gasteiger partial charge in [0.05, 0.1) is 5.91 Å².